The molecule has 0 radical (unpaired) electrons. The van der Waals surface area contributed by atoms with Gasteiger partial charge in [-0.3, -0.25) is 9.36 Å². The topological polar surface area (TPSA) is 98.7 Å². The summed E-state index contributed by atoms with van der Waals surface area (Å²) >= 11 is 1.53. The third-order valence-electron chi connectivity index (χ3n) is 4.77. The molecule has 0 spiro atoms. The van der Waals surface area contributed by atoms with Crippen LogP contribution in [0.1, 0.15) is 76.2 Å². The fourth-order valence-corrected chi connectivity index (χ4v) is 3.95. The lowest BCUT2D eigenvalue weighted by molar-refractivity contribution is -0.114. The molecule has 158 valence electrons. The number of nitrogens with zero attached hydrogens (tertiary/aromatic N) is 5. The minimum atomic E-state index is -0.171. The molecule has 1 fully saturated rings. The van der Waals surface area contributed by atoms with Crippen molar-refractivity contribution in [2.45, 2.75) is 69.2 Å². The van der Waals surface area contributed by atoms with Crippen molar-refractivity contribution in [1.82, 2.24) is 24.9 Å². The molecule has 1 N–H and O–H groups in total. The molecule has 8 nitrogen and oxygen atoms in total. The van der Waals surface area contributed by atoms with Gasteiger partial charge in [0.2, 0.25) is 11.8 Å². The minimum Gasteiger partial charge on any atom is -0.338 e. The van der Waals surface area contributed by atoms with Gasteiger partial charge >= 0.3 is 0 Å². The fourth-order valence-electron chi connectivity index (χ4n) is 3.05. The van der Waals surface area contributed by atoms with Crippen molar-refractivity contribution >= 4 is 23.4 Å². The van der Waals surface area contributed by atoms with Crippen LogP contribution in [0.2, 0.25) is 0 Å². The molecule has 9 heteroatoms. The molecule has 3 aromatic rings. The van der Waals surface area contributed by atoms with E-state index in [1.165, 1.54) is 18.7 Å². The average Bonchev–Trinajstić information content (AvgIpc) is 3.22. The molecule has 2 heterocycles. The summed E-state index contributed by atoms with van der Waals surface area (Å²) in [5, 5.41) is 16.6. The van der Waals surface area contributed by atoms with E-state index < -0.39 is 0 Å². The molecule has 1 amide bonds. The predicted molar refractivity (Wildman–Crippen MR) is 115 cm³/mol. The minimum absolute atomic E-state index is 0.0814. The number of benzene rings is 1. The van der Waals surface area contributed by atoms with Gasteiger partial charge in [0.05, 0.1) is 10.9 Å². The fraction of sp³-hybridized carbons (Fsp3) is 0.476. The molecule has 2 aromatic heterocycles. The van der Waals surface area contributed by atoms with Gasteiger partial charge in [0.15, 0.2) is 11.0 Å². The zero-order valence-electron chi connectivity index (χ0n) is 17.8. The van der Waals surface area contributed by atoms with Crippen LogP contribution in [0, 0.1) is 0 Å². The number of rotatable bonds is 6. The Bertz CT molecular complexity index is 1060. The van der Waals surface area contributed by atoms with E-state index in [0.717, 1.165) is 35.2 Å². The van der Waals surface area contributed by atoms with E-state index in [2.05, 4.69) is 51.0 Å². The number of hydrogen-bond acceptors (Lipinski definition) is 7. The number of carbonyl (C=O) groups is 1. The van der Waals surface area contributed by atoms with E-state index in [4.69, 9.17) is 4.52 Å². The van der Waals surface area contributed by atoms with Crippen LogP contribution in [-0.4, -0.2) is 30.8 Å². The Morgan fingerprint density at radius 1 is 1.30 bits per heavy atom. The van der Waals surface area contributed by atoms with Gasteiger partial charge in [0.25, 0.3) is 0 Å². The van der Waals surface area contributed by atoms with Crippen molar-refractivity contribution in [1.29, 1.82) is 0 Å². The molecule has 0 saturated heterocycles. The highest BCUT2D eigenvalue weighted by atomic mass is 32.2. The molecule has 1 aliphatic carbocycles. The first-order chi connectivity index (χ1) is 14.2. The van der Waals surface area contributed by atoms with E-state index >= 15 is 0 Å². The summed E-state index contributed by atoms with van der Waals surface area (Å²) in [7, 11) is 0. The maximum atomic E-state index is 11.5. The van der Waals surface area contributed by atoms with Crippen molar-refractivity contribution in [2.24, 2.45) is 0 Å². The van der Waals surface area contributed by atoms with E-state index in [-0.39, 0.29) is 16.6 Å². The van der Waals surface area contributed by atoms with Crippen LogP contribution in [0.25, 0.3) is 5.69 Å². The van der Waals surface area contributed by atoms with Crippen LogP contribution in [0.4, 0.5) is 5.69 Å². The maximum Gasteiger partial charge on any atom is 0.239 e. The third-order valence-corrected chi connectivity index (χ3v) is 5.80. The highest BCUT2D eigenvalue weighted by Gasteiger charge is 2.32. The normalized spacial score (nSPS) is 15.2. The van der Waals surface area contributed by atoms with Crippen molar-refractivity contribution in [3.8, 4) is 5.69 Å². The van der Waals surface area contributed by atoms with Gasteiger partial charge in [0, 0.05) is 23.9 Å². The number of thioether (sulfide) groups is 1. The lowest BCUT2D eigenvalue weighted by Gasteiger charge is -2.13. The van der Waals surface area contributed by atoms with Gasteiger partial charge in [0.1, 0.15) is 5.82 Å². The standard InChI is InChI=1S/C21H26N6O2S/c1-12(18-23-19(26-29-18)21(3,4)5)30-20-25-24-17(14-9-10-14)27(20)16-8-6-7-15(11-16)22-13(2)28/h6-8,11-12,14H,9-10H2,1-5H3,(H,22,28)/t12-/m1/s1. The molecule has 4 rings (SSSR count). The molecule has 1 aliphatic rings. The molecule has 0 unspecified atom stereocenters. The second-order valence-corrected chi connectivity index (χ2v) is 9.96. The second kappa shape index (κ2) is 7.86. The van der Waals surface area contributed by atoms with Crippen molar-refractivity contribution in [3.63, 3.8) is 0 Å². The Labute approximate surface area is 179 Å². The van der Waals surface area contributed by atoms with Crippen LogP contribution in [0.5, 0.6) is 0 Å². The Kier molecular flexibility index (Phi) is 5.40. The molecule has 1 saturated carbocycles. The number of anilines is 1. The van der Waals surface area contributed by atoms with E-state index in [1.807, 2.05) is 31.2 Å². The highest BCUT2D eigenvalue weighted by Crippen LogP contribution is 2.43. The zero-order chi connectivity index (χ0) is 21.5. The number of carbonyl (C=O) groups excluding carboxylic acids is 1. The smallest absolute Gasteiger partial charge is 0.239 e. The average molecular weight is 427 g/mol. The summed E-state index contributed by atoms with van der Waals surface area (Å²) in [5.74, 6) is 2.52. The van der Waals surface area contributed by atoms with Crippen LogP contribution < -0.4 is 5.32 Å². The number of aromatic nitrogens is 5. The van der Waals surface area contributed by atoms with Crippen molar-refractivity contribution in [2.75, 3.05) is 5.32 Å². The van der Waals surface area contributed by atoms with Gasteiger partial charge in [-0.2, -0.15) is 4.98 Å². The third kappa shape index (κ3) is 4.40. The van der Waals surface area contributed by atoms with Crippen LogP contribution in [-0.2, 0) is 10.2 Å². The van der Waals surface area contributed by atoms with E-state index in [0.29, 0.717) is 17.6 Å². The SMILES string of the molecule is CC(=O)Nc1cccc(-n2c(S[C@H](C)c3nc(C(C)(C)C)no3)nnc2C2CC2)c1. The van der Waals surface area contributed by atoms with Crippen molar-refractivity contribution < 1.29 is 9.32 Å². The number of hydrogen-bond donors (Lipinski definition) is 1. The molecule has 1 atom stereocenters. The summed E-state index contributed by atoms with van der Waals surface area (Å²) in [6, 6.07) is 7.73. The molecular formula is C21H26N6O2S. The summed E-state index contributed by atoms with van der Waals surface area (Å²) in [6.45, 7) is 9.69. The molecular weight excluding hydrogens is 400 g/mol. The number of nitrogens with one attached hydrogen (secondary N) is 1. The van der Waals surface area contributed by atoms with Crippen LogP contribution in [0.3, 0.4) is 0 Å². The highest BCUT2D eigenvalue weighted by molar-refractivity contribution is 7.99. The molecule has 0 bridgehead atoms. The Morgan fingerprint density at radius 3 is 2.70 bits per heavy atom. The second-order valence-electron chi connectivity index (χ2n) is 8.65. The maximum absolute atomic E-state index is 11.5. The van der Waals surface area contributed by atoms with Crippen LogP contribution in [0.15, 0.2) is 33.9 Å². The molecule has 1 aromatic carbocycles. The number of amides is 1. The first-order valence-corrected chi connectivity index (χ1v) is 10.9. The first-order valence-electron chi connectivity index (χ1n) is 10.1. The van der Waals surface area contributed by atoms with Gasteiger partial charge < -0.3 is 9.84 Å². The van der Waals surface area contributed by atoms with Gasteiger partial charge in [-0.05, 0) is 38.0 Å². The summed E-state index contributed by atoms with van der Waals surface area (Å²) in [6.07, 6.45) is 2.23. The summed E-state index contributed by atoms with van der Waals surface area (Å²) < 4.78 is 7.59. The van der Waals surface area contributed by atoms with E-state index in [1.54, 1.807) is 0 Å². The van der Waals surface area contributed by atoms with Crippen LogP contribution >= 0.6 is 11.8 Å². The monoisotopic (exact) mass is 426 g/mol. The summed E-state index contributed by atoms with van der Waals surface area (Å²) in [5.41, 5.74) is 1.49. The van der Waals surface area contributed by atoms with Gasteiger partial charge in [-0.25, -0.2) is 0 Å². The van der Waals surface area contributed by atoms with E-state index in [9.17, 15) is 4.79 Å². The quantitative estimate of drug-likeness (QED) is 0.573. The lowest BCUT2D eigenvalue weighted by Crippen LogP contribution is -2.13. The largest absolute Gasteiger partial charge is 0.338 e. The Balaban J connectivity index is 1.65. The predicted octanol–water partition coefficient (Wildman–Crippen LogP) is 4.64. The summed E-state index contributed by atoms with van der Waals surface area (Å²) in [4.78, 5) is 16.0. The molecule has 0 aliphatic heterocycles. The lowest BCUT2D eigenvalue weighted by atomic mass is 9.96. The van der Waals surface area contributed by atoms with Gasteiger partial charge in [-0.1, -0.05) is 43.8 Å². The van der Waals surface area contributed by atoms with Gasteiger partial charge in [-0.15, -0.1) is 10.2 Å². The Morgan fingerprint density at radius 2 is 2.07 bits per heavy atom. The Hall–Kier alpha value is -2.68. The molecule has 30 heavy (non-hydrogen) atoms. The van der Waals surface area contributed by atoms with Crippen molar-refractivity contribution in [3.05, 3.63) is 41.8 Å². The zero-order valence-corrected chi connectivity index (χ0v) is 18.7. The first kappa shape index (κ1) is 20.6.